The number of nitriles is 1. The average Bonchev–Trinajstić information content (AvgIpc) is 3.26. The third-order valence-electron chi connectivity index (χ3n) is 4.29. The van der Waals surface area contributed by atoms with Gasteiger partial charge < -0.3 is 4.90 Å². The highest BCUT2D eigenvalue weighted by atomic mass is 15.2. The summed E-state index contributed by atoms with van der Waals surface area (Å²) in [4.78, 5) is 2.65. The van der Waals surface area contributed by atoms with Gasteiger partial charge in [0.1, 0.15) is 5.54 Å². The summed E-state index contributed by atoms with van der Waals surface area (Å²) in [6.07, 6.45) is 9.96. The topological polar surface area (TPSA) is 39.1 Å². The highest BCUT2D eigenvalue weighted by Crippen LogP contribution is 2.28. The molecule has 1 N–H and O–H groups in total. The summed E-state index contributed by atoms with van der Waals surface area (Å²) < 4.78 is 0. The summed E-state index contributed by atoms with van der Waals surface area (Å²) in [5.74, 6) is 0. The third kappa shape index (κ3) is 5.12. The van der Waals surface area contributed by atoms with E-state index in [1.807, 2.05) is 0 Å². The van der Waals surface area contributed by atoms with E-state index in [1.165, 1.54) is 51.6 Å². The molecule has 1 atom stereocenters. The van der Waals surface area contributed by atoms with Crippen molar-refractivity contribution in [1.82, 2.24) is 10.2 Å². The Morgan fingerprint density at radius 3 is 2.47 bits per heavy atom. The van der Waals surface area contributed by atoms with Gasteiger partial charge in [0.2, 0.25) is 0 Å². The van der Waals surface area contributed by atoms with Gasteiger partial charge in [0.15, 0.2) is 0 Å². The van der Waals surface area contributed by atoms with Gasteiger partial charge in [-0.05, 0) is 71.4 Å². The first-order chi connectivity index (χ1) is 9.17. The normalized spacial score (nSPS) is 22.2. The minimum atomic E-state index is -0.295. The van der Waals surface area contributed by atoms with Crippen LogP contribution in [0.1, 0.15) is 65.2 Å². The maximum atomic E-state index is 9.33. The van der Waals surface area contributed by atoms with Crippen molar-refractivity contribution in [3.8, 4) is 6.07 Å². The molecule has 2 fully saturated rings. The molecule has 0 aromatic rings. The summed E-state index contributed by atoms with van der Waals surface area (Å²) in [7, 11) is 0. The molecule has 2 rings (SSSR count). The van der Waals surface area contributed by atoms with E-state index >= 15 is 0 Å². The highest BCUT2D eigenvalue weighted by molar-refractivity contribution is 5.06. The lowest BCUT2D eigenvalue weighted by Gasteiger charge is -2.25. The summed E-state index contributed by atoms with van der Waals surface area (Å²) in [6.45, 7) is 6.81. The lowest BCUT2D eigenvalue weighted by atomic mass is 9.96. The first-order valence-corrected chi connectivity index (χ1v) is 8.10. The second kappa shape index (κ2) is 6.72. The predicted molar refractivity (Wildman–Crippen MR) is 78.9 cm³/mol. The van der Waals surface area contributed by atoms with Crippen LogP contribution in [0.3, 0.4) is 0 Å². The lowest BCUT2D eigenvalue weighted by molar-refractivity contribution is 0.253. The minimum absolute atomic E-state index is 0.295. The Labute approximate surface area is 118 Å². The van der Waals surface area contributed by atoms with E-state index in [2.05, 4.69) is 30.1 Å². The van der Waals surface area contributed by atoms with Crippen LogP contribution in [-0.2, 0) is 0 Å². The molecule has 0 radical (unpaired) electrons. The average molecular weight is 263 g/mol. The Kier molecular flexibility index (Phi) is 5.24. The van der Waals surface area contributed by atoms with Crippen LogP contribution in [0.15, 0.2) is 0 Å². The van der Waals surface area contributed by atoms with Crippen molar-refractivity contribution in [2.75, 3.05) is 13.1 Å². The van der Waals surface area contributed by atoms with Crippen LogP contribution in [0.2, 0.25) is 0 Å². The lowest BCUT2D eigenvalue weighted by Crippen LogP contribution is -2.42. The van der Waals surface area contributed by atoms with Crippen LogP contribution >= 0.6 is 0 Å². The Hall–Kier alpha value is -0.590. The molecule has 0 heterocycles. The maximum Gasteiger partial charge on any atom is 0.104 e. The fraction of sp³-hybridized carbons (Fsp3) is 0.938. The van der Waals surface area contributed by atoms with Gasteiger partial charge in [0, 0.05) is 12.1 Å². The quantitative estimate of drug-likeness (QED) is 0.616. The zero-order chi connectivity index (χ0) is 13.7. The molecule has 1 unspecified atom stereocenters. The summed E-state index contributed by atoms with van der Waals surface area (Å²) in [6, 6.07) is 3.97. The van der Waals surface area contributed by atoms with Crippen LogP contribution in [0.4, 0.5) is 0 Å². The second-order valence-electron chi connectivity index (χ2n) is 6.59. The van der Waals surface area contributed by atoms with E-state index in [9.17, 15) is 5.26 Å². The molecule has 2 aliphatic carbocycles. The zero-order valence-corrected chi connectivity index (χ0v) is 12.6. The van der Waals surface area contributed by atoms with E-state index in [-0.39, 0.29) is 5.54 Å². The number of hydrogen-bond donors (Lipinski definition) is 1. The molecule has 0 amide bonds. The monoisotopic (exact) mass is 263 g/mol. The van der Waals surface area contributed by atoms with Crippen molar-refractivity contribution in [2.45, 2.75) is 82.8 Å². The summed E-state index contributed by atoms with van der Waals surface area (Å²) in [5, 5.41) is 12.8. The van der Waals surface area contributed by atoms with E-state index in [0.717, 1.165) is 18.9 Å². The SMILES string of the molecule is CCCN(CCCCC(C)(C#N)NC1CC1)C1CC1. The van der Waals surface area contributed by atoms with Gasteiger partial charge in [-0.1, -0.05) is 6.92 Å². The van der Waals surface area contributed by atoms with Crippen LogP contribution in [-0.4, -0.2) is 35.6 Å². The number of nitrogens with zero attached hydrogens (tertiary/aromatic N) is 2. The Morgan fingerprint density at radius 2 is 1.95 bits per heavy atom. The number of nitrogens with one attached hydrogen (secondary N) is 1. The fourth-order valence-electron chi connectivity index (χ4n) is 2.84. The molecule has 0 saturated heterocycles. The van der Waals surface area contributed by atoms with E-state index in [1.54, 1.807) is 0 Å². The number of hydrogen-bond acceptors (Lipinski definition) is 3. The van der Waals surface area contributed by atoms with Crippen LogP contribution in [0.5, 0.6) is 0 Å². The molecular weight excluding hydrogens is 234 g/mol. The predicted octanol–water partition coefficient (Wildman–Crippen LogP) is 3.07. The number of rotatable bonds is 10. The highest BCUT2D eigenvalue weighted by Gasteiger charge is 2.32. The van der Waals surface area contributed by atoms with Gasteiger partial charge in [-0.25, -0.2) is 0 Å². The molecule has 0 aliphatic heterocycles. The Morgan fingerprint density at radius 1 is 1.21 bits per heavy atom. The van der Waals surface area contributed by atoms with Crippen molar-refractivity contribution in [3.63, 3.8) is 0 Å². The van der Waals surface area contributed by atoms with E-state index < -0.39 is 0 Å². The molecule has 3 nitrogen and oxygen atoms in total. The molecule has 108 valence electrons. The van der Waals surface area contributed by atoms with Gasteiger partial charge in [0.05, 0.1) is 6.07 Å². The first kappa shape index (κ1) is 14.8. The van der Waals surface area contributed by atoms with Gasteiger partial charge in [-0.15, -0.1) is 0 Å². The van der Waals surface area contributed by atoms with Crippen molar-refractivity contribution < 1.29 is 0 Å². The molecule has 3 heteroatoms. The molecule has 19 heavy (non-hydrogen) atoms. The van der Waals surface area contributed by atoms with Crippen molar-refractivity contribution in [1.29, 1.82) is 5.26 Å². The van der Waals surface area contributed by atoms with Crippen molar-refractivity contribution >= 4 is 0 Å². The van der Waals surface area contributed by atoms with Crippen molar-refractivity contribution in [3.05, 3.63) is 0 Å². The summed E-state index contributed by atoms with van der Waals surface area (Å²) >= 11 is 0. The van der Waals surface area contributed by atoms with Gasteiger partial charge in [-0.2, -0.15) is 5.26 Å². The van der Waals surface area contributed by atoms with Gasteiger partial charge in [-0.3, -0.25) is 5.32 Å². The van der Waals surface area contributed by atoms with Crippen LogP contribution in [0, 0.1) is 11.3 Å². The Bertz CT molecular complexity index is 314. The van der Waals surface area contributed by atoms with Crippen LogP contribution in [0.25, 0.3) is 0 Å². The third-order valence-corrected chi connectivity index (χ3v) is 4.29. The van der Waals surface area contributed by atoms with Crippen molar-refractivity contribution in [2.24, 2.45) is 0 Å². The van der Waals surface area contributed by atoms with Crippen LogP contribution < -0.4 is 5.32 Å². The van der Waals surface area contributed by atoms with Gasteiger partial charge in [0.25, 0.3) is 0 Å². The minimum Gasteiger partial charge on any atom is -0.300 e. The molecule has 0 bridgehead atoms. The largest absolute Gasteiger partial charge is 0.300 e. The molecule has 0 aromatic heterocycles. The molecule has 2 saturated carbocycles. The molecule has 0 aromatic carbocycles. The standard InChI is InChI=1S/C16H29N3/c1-3-11-19(15-8-9-15)12-5-4-10-16(2,13-17)18-14-6-7-14/h14-15,18H,3-12H2,1-2H3. The zero-order valence-electron chi connectivity index (χ0n) is 12.6. The smallest absolute Gasteiger partial charge is 0.104 e. The fourth-order valence-corrected chi connectivity index (χ4v) is 2.84. The Balaban J connectivity index is 1.62. The van der Waals surface area contributed by atoms with Gasteiger partial charge >= 0.3 is 0 Å². The molecule has 2 aliphatic rings. The maximum absolute atomic E-state index is 9.33. The first-order valence-electron chi connectivity index (χ1n) is 8.10. The summed E-state index contributed by atoms with van der Waals surface area (Å²) in [5.41, 5.74) is -0.295. The second-order valence-corrected chi connectivity index (χ2v) is 6.59. The number of unbranched alkanes of at least 4 members (excludes halogenated alkanes) is 1. The molecule has 0 spiro atoms. The molecular formula is C16H29N3. The van der Waals surface area contributed by atoms with E-state index in [4.69, 9.17) is 0 Å². The van der Waals surface area contributed by atoms with E-state index in [0.29, 0.717) is 6.04 Å².